The van der Waals surface area contributed by atoms with Gasteiger partial charge < -0.3 is 10.2 Å². The molecule has 1 aliphatic carbocycles. The first-order valence-electron chi connectivity index (χ1n) is 7.42. The Labute approximate surface area is 114 Å². The molecule has 2 heterocycles. The second-order valence-electron chi connectivity index (χ2n) is 6.03. The maximum atomic E-state index is 12.3. The molecule has 3 unspecified atom stereocenters. The zero-order valence-electron chi connectivity index (χ0n) is 11.1. The van der Waals surface area contributed by atoms with Gasteiger partial charge in [-0.25, -0.2) is 0 Å². The first-order chi connectivity index (χ1) is 8.83. The Bertz CT molecular complexity index is 290. The molecule has 3 fully saturated rings. The topological polar surface area (TPSA) is 32.3 Å². The molecule has 4 heteroatoms. The van der Waals surface area contributed by atoms with Crippen molar-refractivity contribution in [3.8, 4) is 0 Å². The van der Waals surface area contributed by atoms with E-state index in [1.165, 1.54) is 31.4 Å². The van der Waals surface area contributed by atoms with Crippen molar-refractivity contribution in [2.45, 2.75) is 38.1 Å². The lowest BCUT2D eigenvalue weighted by Crippen LogP contribution is -2.42. The van der Waals surface area contributed by atoms with Crippen LogP contribution in [0.4, 0.5) is 0 Å². The highest BCUT2D eigenvalue weighted by atomic mass is 32.2. The van der Waals surface area contributed by atoms with Crippen molar-refractivity contribution in [2.75, 3.05) is 31.1 Å². The van der Waals surface area contributed by atoms with Gasteiger partial charge in [0.1, 0.15) is 0 Å². The van der Waals surface area contributed by atoms with Gasteiger partial charge >= 0.3 is 0 Å². The zero-order valence-corrected chi connectivity index (χ0v) is 11.9. The fraction of sp³-hybridized carbons (Fsp3) is 0.929. The molecule has 18 heavy (non-hydrogen) atoms. The summed E-state index contributed by atoms with van der Waals surface area (Å²) in [5.74, 6) is 4.32. The summed E-state index contributed by atoms with van der Waals surface area (Å²) in [5.41, 5.74) is 0. The number of amides is 1. The molecule has 3 rings (SSSR count). The number of carbonyl (C=O) groups is 1. The first-order valence-corrected chi connectivity index (χ1v) is 8.57. The Balaban J connectivity index is 1.50. The summed E-state index contributed by atoms with van der Waals surface area (Å²) < 4.78 is 0. The molecule has 3 nitrogen and oxygen atoms in total. The summed E-state index contributed by atoms with van der Waals surface area (Å²) in [6, 6.07) is 0.416. The standard InChI is InChI=1S/C14H24N2OS/c17-14(7-13-10-18-6-5-15-13)16-8-11-3-1-2-4-12(11)9-16/h11-13,15H,1-10H2. The number of likely N-dealkylation sites (tertiary alicyclic amines) is 1. The summed E-state index contributed by atoms with van der Waals surface area (Å²) in [5, 5.41) is 3.47. The third-order valence-corrected chi connectivity index (χ3v) is 5.88. The van der Waals surface area contributed by atoms with Crippen LogP contribution in [0.1, 0.15) is 32.1 Å². The second-order valence-corrected chi connectivity index (χ2v) is 7.18. The van der Waals surface area contributed by atoms with Gasteiger partial charge in [0.2, 0.25) is 5.91 Å². The van der Waals surface area contributed by atoms with Gasteiger partial charge in [0.05, 0.1) is 0 Å². The van der Waals surface area contributed by atoms with E-state index in [0.717, 1.165) is 37.2 Å². The fourth-order valence-electron chi connectivity index (χ4n) is 3.70. The third-order valence-electron chi connectivity index (χ3n) is 4.75. The summed E-state index contributed by atoms with van der Waals surface area (Å²) in [6.07, 6.45) is 6.18. The van der Waals surface area contributed by atoms with Crippen molar-refractivity contribution in [3.63, 3.8) is 0 Å². The maximum Gasteiger partial charge on any atom is 0.224 e. The summed E-state index contributed by atoms with van der Waals surface area (Å²) >= 11 is 1.97. The van der Waals surface area contributed by atoms with Crippen LogP contribution in [-0.4, -0.2) is 48.0 Å². The molecule has 2 saturated heterocycles. The Morgan fingerprint density at radius 1 is 1.22 bits per heavy atom. The summed E-state index contributed by atoms with van der Waals surface area (Å²) in [6.45, 7) is 3.15. The second kappa shape index (κ2) is 5.83. The minimum absolute atomic E-state index is 0.393. The number of thioether (sulfide) groups is 1. The van der Waals surface area contributed by atoms with E-state index in [4.69, 9.17) is 0 Å². The molecule has 0 aromatic carbocycles. The number of nitrogens with zero attached hydrogens (tertiary/aromatic N) is 1. The van der Waals surface area contributed by atoms with Gasteiger partial charge in [0.15, 0.2) is 0 Å². The number of hydrogen-bond donors (Lipinski definition) is 1. The Morgan fingerprint density at radius 2 is 1.94 bits per heavy atom. The van der Waals surface area contributed by atoms with E-state index in [1.54, 1.807) is 0 Å². The summed E-state index contributed by atoms with van der Waals surface area (Å²) in [7, 11) is 0. The van der Waals surface area contributed by atoms with E-state index >= 15 is 0 Å². The molecule has 2 aliphatic heterocycles. The van der Waals surface area contributed by atoms with Crippen LogP contribution < -0.4 is 5.32 Å². The van der Waals surface area contributed by atoms with E-state index in [0.29, 0.717) is 18.4 Å². The quantitative estimate of drug-likeness (QED) is 0.828. The van der Waals surface area contributed by atoms with Crippen LogP contribution in [0.5, 0.6) is 0 Å². The largest absolute Gasteiger partial charge is 0.342 e. The number of nitrogens with one attached hydrogen (secondary N) is 1. The average Bonchev–Trinajstić information content (AvgIpc) is 2.84. The van der Waals surface area contributed by atoms with E-state index in [1.807, 2.05) is 11.8 Å². The van der Waals surface area contributed by atoms with Crippen LogP contribution in [0.15, 0.2) is 0 Å². The van der Waals surface area contributed by atoms with E-state index < -0.39 is 0 Å². The molecule has 3 atom stereocenters. The van der Waals surface area contributed by atoms with Crippen LogP contribution >= 0.6 is 11.8 Å². The molecule has 0 radical (unpaired) electrons. The highest BCUT2D eigenvalue weighted by Crippen LogP contribution is 2.36. The van der Waals surface area contributed by atoms with Gasteiger partial charge in [0.25, 0.3) is 0 Å². The van der Waals surface area contributed by atoms with E-state index in [9.17, 15) is 4.79 Å². The zero-order chi connectivity index (χ0) is 12.4. The molecule has 0 bridgehead atoms. The minimum atomic E-state index is 0.393. The van der Waals surface area contributed by atoms with Gasteiger partial charge in [0, 0.05) is 43.6 Å². The predicted octanol–water partition coefficient (Wildman–Crippen LogP) is 1.73. The molecule has 1 amide bonds. The van der Waals surface area contributed by atoms with Gasteiger partial charge in [-0.2, -0.15) is 11.8 Å². The first kappa shape index (κ1) is 12.8. The smallest absolute Gasteiger partial charge is 0.224 e. The molecule has 3 aliphatic rings. The Morgan fingerprint density at radius 3 is 2.56 bits per heavy atom. The molecule has 1 saturated carbocycles. The van der Waals surface area contributed by atoms with Crippen molar-refractivity contribution in [1.29, 1.82) is 0 Å². The van der Waals surface area contributed by atoms with Crippen LogP contribution in [-0.2, 0) is 4.79 Å². The molecule has 0 aromatic heterocycles. The van der Waals surface area contributed by atoms with Gasteiger partial charge in [-0.3, -0.25) is 4.79 Å². The molecular weight excluding hydrogens is 244 g/mol. The van der Waals surface area contributed by atoms with E-state index in [2.05, 4.69) is 10.2 Å². The van der Waals surface area contributed by atoms with Crippen molar-refractivity contribution < 1.29 is 4.79 Å². The highest BCUT2D eigenvalue weighted by Gasteiger charge is 2.36. The SMILES string of the molecule is O=C(CC1CSCCN1)N1CC2CCCCC2C1. The van der Waals surface area contributed by atoms with Crippen molar-refractivity contribution in [1.82, 2.24) is 10.2 Å². The monoisotopic (exact) mass is 268 g/mol. The normalized spacial score (nSPS) is 36.4. The number of fused-ring (bicyclic) bond motifs is 1. The van der Waals surface area contributed by atoms with Crippen molar-refractivity contribution in [2.24, 2.45) is 11.8 Å². The van der Waals surface area contributed by atoms with Crippen LogP contribution in [0.25, 0.3) is 0 Å². The van der Waals surface area contributed by atoms with Gasteiger partial charge in [-0.1, -0.05) is 12.8 Å². The molecule has 0 aromatic rings. The molecule has 0 spiro atoms. The molecule has 102 valence electrons. The van der Waals surface area contributed by atoms with Crippen LogP contribution in [0, 0.1) is 11.8 Å². The van der Waals surface area contributed by atoms with Gasteiger partial charge in [-0.05, 0) is 24.7 Å². The fourth-order valence-corrected chi connectivity index (χ4v) is 4.65. The number of carbonyl (C=O) groups excluding carboxylic acids is 1. The average molecular weight is 268 g/mol. The predicted molar refractivity (Wildman–Crippen MR) is 75.8 cm³/mol. The lowest BCUT2D eigenvalue weighted by atomic mass is 9.82. The maximum absolute atomic E-state index is 12.3. The van der Waals surface area contributed by atoms with Crippen LogP contribution in [0.3, 0.4) is 0 Å². The number of rotatable bonds is 2. The Kier molecular flexibility index (Phi) is 4.14. The number of hydrogen-bond acceptors (Lipinski definition) is 3. The Hall–Kier alpha value is -0.220. The van der Waals surface area contributed by atoms with E-state index in [-0.39, 0.29) is 0 Å². The summed E-state index contributed by atoms with van der Waals surface area (Å²) in [4.78, 5) is 14.5. The lowest BCUT2D eigenvalue weighted by Gasteiger charge is -2.25. The molecule has 1 N–H and O–H groups in total. The van der Waals surface area contributed by atoms with Crippen molar-refractivity contribution in [3.05, 3.63) is 0 Å². The third kappa shape index (κ3) is 2.85. The van der Waals surface area contributed by atoms with Gasteiger partial charge in [-0.15, -0.1) is 0 Å². The van der Waals surface area contributed by atoms with Crippen molar-refractivity contribution >= 4 is 17.7 Å². The van der Waals surface area contributed by atoms with Crippen LogP contribution in [0.2, 0.25) is 0 Å². The molecular formula is C14H24N2OS. The highest BCUT2D eigenvalue weighted by molar-refractivity contribution is 7.99. The minimum Gasteiger partial charge on any atom is -0.342 e. The lowest BCUT2D eigenvalue weighted by molar-refractivity contribution is -0.130.